The van der Waals surface area contributed by atoms with E-state index in [4.69, 9.17) is 27.0 Å². The lowest BCUT2D eigenvalue weighted by Gasteiger charge is -2.23. The lowest BCUT2D eigenvalue weighted by Crippen LogP contribution is -2.12. The van der Waals surface area contributed by atoms with Crippen LogP contribution in [-0.2, 0) is 10.8 Å². The summed E-state index contributed by atoms with van der Waals surface area (Å²) in [5, 5.41) is 3.29. The average molecular weight is 874 g/mol. The number of pyridine rings is 1. The fraction of sp³-hybridized carbons (Fsp3) is 0.148. The predicted molar refractivity (Wildman–Crippen MR) is 280 cm³/mol. The SMILES string of the molecule is Cc1ccnc2c(-c3cc(-c4ccccc4)cc(-c4nc5c(-c6c(S)ccc7c6oc6ccccc67)cccc5n4-c4ccc(C(C)(C)C)cc4-c4ccccc4)c3)cc(C(C)(C)C)cc12. The molecule has 3 aromatic heterocycles. The molecule has 11 aromatic rings. The number of rotatable bonds is 6. The lowest BCUT2D eigenvalue weighted by molar-refractivity contribution is 0.590. The van der Waals surface area contributed by atoms with Crippen LogP contribution < -0.4 is 0 Å². The Hall–Kier alpha value is -7.21. The quantitative estimate of drug-likeness (QED) is 0.169. The molecule has 322 valence electrons. The number of imidazole rings is 1. The summed E-state index contributed by atoms with van der Waals surface area (Å²) in [6.07, 6.45) is 1.94. The fourth-order valence-electron chi connectivity index (χ4n) is 9.57. The summed E-state index contributed by atoms with van der Waals surface area (Å²) in [7, 11) is 0. The molecule has 0 amide bonds. The van der Waals surface area contributed by atoms with E-state index in [1.54, 1.807) is 0 Å². The minimum atomic E-state index is -0.0862. The number of fused-ring (bicyclic) bond motifs is 5. The highest BCUT2D eigenvalue weighted by atomic mass is 32.1. The van der Waals surface area contributed by atoms with Gasteiger partial charge in [-0.2, -0.15) is 0 Å². The van der Waals surface area contributed by atoms with Crippen molar-refractivity contribution in [1.29, 1.82) is 0 Å². The van der Waals surface area contributed by atoms with Crippen molar-refractivity contribution in [3.8, 4) is 61.6 Å². The van der Waals surface area contributed by atoms with Gasteiger partial charge in [0, 0.05) is 55.1 Å². The minimum Gasteiger partial charge on any atom is -0.455 e. The van der Waals surface area contributed by atoms with Gasteiger partial charge in [0.25, 0.3) is 0 Å². The zero-order chi connectivity index (χ0) is 45.5. The number of furan rings is 1. The van der Waals surface area contributed by atoms with Crippen LogP contribution >= 0.6 is 12.6 Å². The van der Waals surface area contributed by atoms with E-state index < -0.39 is 0 Å². The first kappa shape index (κ1) is 41.5. The summed E-state index contributed by atoms with van der Waals surface area (Å²) in [6.45, 7) is 15.9. The van der Waals surface area contributed by atoms with Crippen molar-refractivity contribution < 1.29 is 4.42 Å². The van der Waals surface area contributed by atoms with Crippen LogP contribution in [0.25, 0.3) is 105 Å². The molecule has 0 saturated heterocycles. The average Bonchev–Trinajstić information content (AvgIpc) is 3.90. The van der Waals surface area contributed by atoms with Gasteiger partial charge in [0.2, 0.25) is 0 Å². The van der Waals surface area contributed by atoms with Crippen LogP contribution in [0.2, 0.25) is 0 Å². The Bertz CT molecular complexity index is 3680. The second-order valence-corrected chi connectivity index (χ2v) is 20.2. The normalized spacial score (nSPS) is 12.2. The minimum absolute atomic E-state index is 0.0705. The number of thiol groups is 1. The summed E-state index contributed by atoms with van der Waals surface area (Å²) in [5.41, 5.74) is 18.6. The standard InChI is InChI=1S/C61H51N3OS/c1-37-29-30-62-56-48(37)35-44(61(5,6)7)36-50(56)41-31-40(38-17-10-8-11-18-38)32-42(33-41)59-63-57-47(55-54(66)28-26-46-45-21-14-15-24-53(45)65-58(46)55)22-16-23-52(57)64(59)51-27-25-43(60(2,3)4)34-49(51)39-19-12-9-13-20-39/h8-36,66H,1-7H3. The Balaban J connectivity index is 1.27. The third-order valence-corrected chi connectivity index (χ3v) is 13.6. The molecule has 0 spiro atoms. The Morgan fingerprint density at radius 3 is 1.94 bits per heavy atom. The molecule has 11 rings (SSSR count). The van der Waals surface area contributed by atoms with Gasteiger partial charge in [-0.15, -0.1) is 12.6 Å². The van der Waals surface area contributed by atoms with Crippen molar-refractivity contribution in [2.24, 2.45) is 0 Å². The van der Waals surface area contributed by atoms with Gasteiger partial charge in [-0.3, -0.25) is 9.55 Å². The summed E-state index contributed by atoms with van der Waals surface area (Å²) in [6, 6.07) is 61.1. The van der Waals surface area contributed by atoms with E-state index in [0.29, 0.717) is 0 Å². The van der Waals surface area contributed by atoms with Gasteiger partial charge in [-0.05, 0) is 129 Å². The second-order valence-electron chi connectivity index (χ2n) is 19.7. The number of aromatic nitrogens is 3. The smallest absolute Gasteiger partial charge is 0.145 e. The molecule has 0 N–H and O–H groups in total. The zero-order valence-corrected chi connectivity index (χ0v) is 39.3. The number of benzene rings is 8. The van der Waals surface area contributed by atoms with Crippen LogP contribution in [0, 0.1) is 6.92 Å². The monoisotopic (exact) mass is 873 g/mol. The molecule has 66 heavy (non-hydrogen) atoms. The van der Waals surface area contributed by atoms with Gasteiger partial charge in [-0.25, -0.2) is 4.98 Å². The van der Waals surface area contributed by atoms with E-state index in [9.17, 15) is 0 Å². The molecule has 0 unspecified atom stereocenters. The molecule has 0 fully saturated rings. The van der Waals surface area contributed by atoms with Crippen molar-refractivity contribution in [3.05, 3.63) is 193 Å². The van der Waals surface area contributed by atoms with Crippen molar-refractivity contribution in [3.63, 3.8) is 0 Å². The molecule has 0 saturated carbocycles. The van der Waals surface area contributed by atoms with Crippen molar-refractivity contribution in [1.82, 2.24) is 14.5 Å². The van der Waals surface area contributed by atoms with E-state index in [1.165, 1.54) is 16.7 Å². The molecular weight excluding hydrogens is 823 g/mol. The highest BCUT2D eigenvalue weighted by molar-refractivity contribution is 7.80. The number of hydrogen-bond acceptors (Lipinski definition) is 4. The van der Waals surface area contributed by atoms with Gasteiger partial charge in [0.15, 0.2) is 0 Å². The fourth-order valence-corrected chi connectivity index (χ4v) is 9.87. The molecule has 0 atom stereocenters. The maximum absolute atomic E-state index is 6.71. The predicted octanol–water partition coefficient (Wildman–Crippen LogP) is 17.0. The van der Waals surface area contributed by atoms with Gasteiger partial charge >= 0.3 is 0 Å². The van der Waals surface area contributed by atoms with Gasteiger partial charge < -0.3 is 4.42 Å². The lowest BCUT2D eigenvalue weighted by atomic mass is 9.83. The largest absolute Gasteiger partial charge is 0.455 e. The molecule has 0 aliphatic carbocycles. The summed E-state index contributed by atoms with van der Waals surface area (Å²) >= 11 is 5.14. The first-order chi connectivity index (χ1) is 31.8. The van der Waals surface area contributed by atoms with Crippen LogP contribution in [0.1, 0.15) is 58.2 Å². The van der Waals surface area contributed by atoms with Gasteiger partial charge in [-0.1, -0.05) is 139 Å². The molecule has 0 aliphatic heterocycles. The Morgan fingerprint density at radius 2 is 1.18 bits per heavy atom. The first-order valence-corrected chi connectivity index (χ1v) is 23.2. The van der Waals surface area contributed by atoms with Crippen molar-refractivity contribution in [2.75, 3.05) is 0 Å². The van der Waals surface area contributed by atoms with E-state index in [2.05, 4.69) is 211 Å². The Labute approximate surface area is 392 Å². The molecule has 3 heterocycles. The summed E-state index contributed by atoms with van der Waals surface area (Å²) in [5.74, 6) is 0.829. The van der Waals surface area contributed by atoms with Crippen LogP contribution in [0.15, 0.2) is 185 Å². The zero-order valence-electron chi connectivity index (χ0n) is 38.4. The van der Waals surface area contributed by atoms with E-state index in [0.717, 1.165) is 110 Å². The van der Waals surface area contributed by atoms with E-state index in [1.807, 2.05) is 18.3 Å². The molecule has 5 heteroatoms. The van der Waals surface area contributed by atoms with Crippen LogP contribution in [0.3, 0.4) is 0 Å². The Kier molecular flexibility index (Phi) is 9.90. The number of nitrogens with zero attached hydrogens (tertiary/aromatic N) is 3. The number of aryl methyl sites for hydroxylation is 1. The number of hydrogen-bond donors (Lipinski definition) is 1. The van der Waals surface area contributed by atoms with Crippen molar-refractivity contribution >= 4 is 56.5 Å². The third-order valence-electron chi connectivity index (χ3n) is 13.2. The molecule has 8 aromatic carbocycles. The molecule has 0 bridgehead atoms. The highest BCUT2D eigenvalue weighted by Crippen LogP contribution is 2.46. The molecule has 0 aliphatic rings. The van der Waals surface area contributed by atoms with Crippen LogP contribution in [-0.4, -0.2) is 14.5 Å². The third kappa shape index (κ3) is 7.10. The maximum atomic E-state index is 6.71. The summed E-state index contributed by atoms with van der Waals surface area (Å²) in [4.78, 5) is 11.7. The topological polar surface area (TPSA) is 43.9 Å². The second kappa shape index (κ2) is 15.7. The summed E-state index contributed by atoms with van der Waals surface area (Å²) < 4.78 is 9.09. The van der Waals surface area contributed by atoms with Crippen LogP contribution in [0.5, 0.6) is 0 Å². The molecule has 0 radical (unpaired) electrons. The highest BCUT2D eigenvalue weighted by Gasteiger charge is 2.26. The Morgan fingerprint density at radius 1 is 0.500 bits per heavy atom. The first-order valence-electron chi connectivity index (χ1n) is 22.8. The van der Waals surface area contributed by atoms with E-state index in [-0.39, 0.29) is 10.8 Å². The van der Waals surface area contributed by atoms with Crippen molar-refractivity contribution in [2.45, 2.75) is 64.2 Å². The number of para-hydroxylation sites is 2. The van der Waals surface area contributed by atoms with E-state index >= 15 is 0 Å². The van der Waals surface area contributed by atoms with Gasteiger partial charge in [0.05, 0.1) is 22.2 Å². The van der Waals surface area contributed by atoms with Gasteiger partial charge in [0.1, 0.15) is 17.0 Å². The van der Waals surface area contributed by atoms with Crippen LogP contribution in [0.4, 0.5) is 0 Å². The molecular formula is C61H51N3OS. The molecule has 4 nitrogen and oxygen atoms in total. The maximum Gasteiger partial charge on any atom is 0.145 e.